The van der Waals surface area contributed by atoms with E-state index in [1.807, 2.05) is 0 Å². The number of unbranched alkanes of at least 4 members (excludes halogenated alkanes) is 29. The van der Waals surface area contributed by atoms with E-state index in [0.29, 0.717) is 19.3 Å². The third kappa shape index (κ3) is 43.0. The van der Waals surface area contributed by atoms with Crippen molar-refractivity contribution in [2.24, 2.45) is 0 Å². The fourth-order valence-corrected chi connectivity index (χ4v) is 6.95. The maximum absolute atomic E-state index is 12.7. The molecule has 6 heteroatoms. The van der Waals surface area contributed by atoms with Crippen molar-refractivity contribution in [3.63, 3.8) is 0 Å². The molecule has 56 heavy (non-hydrogen) atoms. The first-order chi connectivity index (χ1) is 27.5. The molecule has 0 amide bonds. The van der Waals surface area contributed by atoms with Crippen LogP contribution < -0.4 is 0 Å². The number of hydrogen-bond acceptors (Lipinski definition) is 6. The molecule has 0 aromatic heterocycles. The van der Waals surface area contributed by atoms with Crippen LogP contribution in [-0.4, -0.2) is 37.2 Å². The zero-order chi connectivity index (χ0) is 40.8. The monoisotopic (exact) mass is 789 g/mol. The van der Waals surface area contributed by atoms with E-state index in [2.05, 4.69) is 45.1 Å². The highest BCUT2D eigenvalue weighted by atomic mass is 16.6. The minimum atomic E-state index is -0.769. The lowest BCUT2D eigenvalue weighted by Crippen LogP contribution is -2.30. The Morgan fingerprint density at radius 1 is 0.339 bits per heavy atom. The van der Waals surface area contributed by atoms with Gasteiger partial charge in [0, 0.05) is 19.3 Å². The SMILES string of the molecule is CCCC/C=C\CCCCCCCC(=O)OCC(COC(=O)CCCCCCCCC/C=C\CCCCCC)OC(=O)CCCCCCCCCCCCCC. The molecule has 328 valence electrons. The van der Waals surface area contributed by atoms with Crippen LogP contribution in [0.25, 0.3) is 0 Å². The molecule has 0 N–H and O–H groups in total. The van der Waals surface area contributed by atoms with Gasteiger partial charge in [-0.15, -0.1) is 0 Å². The lowest BCUT2D eigenvalue weighted by molar-refractivity contribution is -0.167. The Hall–Kier alpha value is -2.11. The minimum Gasteiger partial charge on any atom is -0.462 e. The molecule has 0 aromatic carbocycles. The molecule has 0 aliphatic rings. The van der Waals surface area contributed by atoms with Crippen LogP contribution in [0, 0.1) is 0 Å². The summed E-state index contributed by atoms with van der Waals surface area (Å²) < 4.78 is 16.7. The van der Waals surface area contributed by atoms with Gasteiger partial charge >= 0.3 is 17.9 Å². The highest BCUT2D eigenvalue weighted by Gasteiger charge is 2.19. The maximum Gasteiger partial charge on any atom is 0.306 e. The van der Waals surface area contributed by atoms with Gasteiger partial charge in [-0.25, -0.2) is 0 Å². The first kappa shape index (κ1) is 53.9. The quantitative estimate of drug-likeness (QED) is 0.0265. The van der Waals surface area contributed by atoms with E-state index in [4.69, 9.17) is 14.2 Å². The Bertz CT molecular complexity index is 911. The Kier molecular flexibility index (Phi) is 43.9. The summed E-state index contributed by atoms with van der Waals surface area (Å²) in [5.41, 5.74) is 0. The topological polar surface area (TPSA) is 78.9 Å². The lowest BCUT2D eigenvalue weighted by Gasteiger charge is -2.18. The third-order valence-electron chi connectivity index (χ3n) is 10.7. The predicted molar refractivity (Wildman–Crippen MR) is 238 cm³/mol. The van der Waals surface area contributed by atoms with Crippen LogP contribution >= 0.6 is 0 Å². The lowest BCUT2D eigenvalue weighted by atomic mass is 10.0. The Labute approximate surface area is 347 Å². The van der Waals surface area contributed by atoms with Gasteiger partial charge in [0.1, 0.15) is 13.2 Å². The van der Waals surface area contributed by atoms with Crippen molar-refractivity contribution in [1.82, 2.24) is 0 Å². The summed E-state index contributed by atoms with van der Waals surface area (Å²) >= 11 is 0. The fourth-order valence-electron chi connectivity index (χ4n) is 6.95. The number of rotatable bonds is 44. The summed E-state index contributed by atoms with van der Waals surface area (Å²) in [6.45, 7) is 6.58. The van der Waals surface area contributed by atoms with Gasteiger partial charge in [-0.3, -0.25) is 14.4 Å². The molecular weight excluding hydrogens is 697 g/mol. The standard InChI is InChI=1S/C50H92O6/c1-4-7-10-13-16-19-22-24-25-26-29-31-34-37-40-43-49(52)55-46-47(45-54-48(51)42-39-36-33-30-27-21-18-15-12-9-6-3)56-50(53)44-41-38-35-32-28-23-20-17-14-11-8-5-2/h15,18-19,22,47H,4-14,16-17,20-21,23-46H2,1-3H3/b18-15-,22-19-. The third-order valence-corrected chi connectivity index (χ3v) is 10.7. The summed E-state index contributed by atoms with van der Waals surface area (Å²) in [5.74, 6) is -0.879. The average Bonchev–Trinajstić information content (AvgIpc) is 3.19. The van der Waals surface area contributed by atoms with Gasteiger partial charge in [-0.2, -0.15) is 0 Å². The number of carbonyl (C=O) groups is 3. The van der Waals surface area contributed by atoms with Gasteiger partial charge in [0.05, 0.1) is 0 Å². The zero-order valence-corrected chi connectivity index (χ0v) is 37.4. The highest BCUT2D eigenvalue weighted by Crippen LogP contribution is 2.15. The van der Waals surface area contributed by atoms with E-state index in [-0.39, 0.29) is 31.1 Å². The molecule has 6 nitrogen and oxygen atoms in total. The average molecular weight is 789 g/mol. The van der Waals surface area contributed by atoms with Crippen LogP contribution in [0.15, 0.2) is 24.3 Å². The van der Waals surface area contributed by atoms with Crippen molar-refractivity contribution in [2.45, 2.75) is 264 Å². The highest BCUT2D eigenvalue weighted by molar-refractivity contribution is 5.71. The summed E-state index contributed by atoms with van der Waals surface area (Å²) in [6, 6.07) is 0. The number of ether oxygens (including phenoxy) is 3. The molecule has 0 aliphatic carbocycles. The Morgan fingerprint density at radius 3 is 0.964 bits per heavy atom. The molecule has 0 radical (unpaired) electrons. The zero-order valence-electron chi connectivity index (χ0n) is 37.4. The molecule has 0 spiro atoms. The summed E-state index contributed by atoms with van der Waals surface area (Å²) in [5, 5.41) is 0. The van der Waals surface area contributed by atoms with Crippen molar-refractivity contribution < 1.29 is 28.6 Å². The number of carbonyl (C=O) groups excluding carboxylic acids is 3. The Balaban J connectivity index is 4.34. The maximum atomic E-state index is 12.7. The van der Waals surface area contributed by atoms with Crippen molar-refractivity contribution in [3.05, 3.63) is 24.3 Å². The largest absolute Gasteiger partial charge is 0.462 e. The summed E-state index contributed by atoms with van der Waals surface area (Å²) in [4.78, 5) is 37.8. The van der Waals surface area contributed by atoms with Gasteiger partial charge < -0.3 is 14.2 Å². The molecule has 0 heterocycles. The van der Waals surface area contributed by atoms with Gasteiger partial charge in [-0.1, -0.05) is 199 Å². The second-order valence-corrected chi connectivity index (χ2v) is 16.4. The molecule has 0 bridgehead atoms. The molecular formula is C50H92O6. The number of esters is 3. The summed E-state index contributed by atoms with van der Waals surface area (Å²) in [6.07, 6.45) is 50.1. The molecule has 0 aliphatic heterocycles. The second kappa shape index (κ2) is 45.6. The van der Waals surface area contributed by atoms with Crippen LogP contribution in [0.5, 0.6) is 0 Å². The van der Waals surface area contributed by atoms with Crippen LogP contribution in [0.4, 0.5) is 0 Å². The normalized spacial score (nSPS) is 12.1. The molecule has 0 saturated heterocycles. The van der Waals surface area contributed by atoms with Crippen molar-refractivity contribution in [3.8, 4) is 0 Å². The van der Waals surface area contributed by atoms with Crippen molar-refractivity contribution in [1.29, 1.82) is 0 Å². The first-order valence-corrected chi connectivity index (χ1v) is 24.3. The van der Waals surface area contributed by atoms with Gasteiger partial charge in [-0.05, 0) is 64.2 Å². The first-order valence-electron chi connectivity index (χ1n) is 24.3. The van der Waals surface area contributed by atoms with E-state index in [0.717, 1.165) is 64.2 Å². The van der Waals surface area contributed by atoms with E-state index in [1.54, 1.807) is 0 Å². The van der Waals surface area contributed by atoms with Crippen molar-refractivity contribution >= 4 is 17.9 Å². The van der Waals surface area contributed by atoms with Crippen LogP contribution in [0.3, 0.4) is 0 Å². The molecule has 1 atom stereocenters. The van der Waals surface area contributed by atoms with E-state index in [1.165, 1.54) is 154 Å². The van der Waals surface area contributed by atoms with Gasteiger partial charge in [0.2, 0.25) is 0 Å². The van der Waals surface area contributed by atoms with Crippen LogP contribution in [0.2, 0.25) is 0 Å². The second-order valence-electron chi connectivity index (χ2n) is 16.4. The Morgan fingerprint density at radius 2 is 0.607 bits per heavy atom. The molecule has 1 unspecified atom stereocenters. The van der Waals surface area contributed by atoms with Gasteiger partial charge in [0.25, 0.3) is 0 Å². The molecule has 0 fully saturated rings. The molecule has 0 aromatic rings. The van der Waals surface area contributed by atoms with Crippen molar-refractivity contribution in [2.75, 3.05) is 13.2 Å². The van der Waals surface area contributed by atoms with Crippen LogP contribution in [0.1, 0.15) is 258 Å². The summed E-state index contributed by atoms with van der Waals surface area (Å²) in [7, 11) is 0. The number of allylic oxidation sites excluding steroid dienone is 4. The number of hydrogen-bond donors (Lipinski definition) is 0. The van der Waals surface area contributed by atoms with E-state index in [9.17, 15) is 14.4 Å². The van der Waals surface area contributed by atoms with E-state index < -0.39 is 6.10 Å². The minimum absolute atomic E-state index is 0.0730. The van der Waals surface area contributed by atoms with Crippen LogP contribution in [-0.2, 0) is 28.6 Å². The van der Waals surface area contributed by atoms with Gasteiger partial charge in [0.15, 0.2) is 6.10 Å². The smallest absolute Gasteiger partial charge is 0.306 e. The fraction of sp³-hybridized carbons (Fsp3) is 0.860. The molecule has 0 rings (SSSR count). The van der Waals surface area contributed by atoms with E-state index >= 15 is 0 Å². The predicted octanol–water partition coefficient (Wildman–Crippen LogP) is 15.6. The molecule has 0 saturated carbocycles.